The van der Waals surface area contributed by atoms with E-state index in [9.17, 15) is 10.1 Å². The van der Waals surface area contributed by atoms with Crippen molar-refractivity contribution in [3.8, 4) is 11.9 Å². The van der Waals surface area contributed by atoms with Gasteiger partial charge in [0.1, 0.15) is 11.6 Å². The number of methoxy groups -OCH3 is 1. The second-order valence-corrected chi connectivity index (χ2v) is 4.16. The predicted molar refractivity (Wildman–Crippen MR) is 75.9 cm³/mol. The topological polar surface area (TPSA) is 101 Å². The lowest BCUT2D eigenvalue weighted by atomic mass is 10.1. The first-order valence-corrected chi connectivity index (χ1v) is 6.05. The molecule has 21 heavy (non-hydrogen) atoms. The Bertz CT molecular complexity index is 710. The van der Waals surface area contributed by atoms with Crippen molar-refractivity contribution in [2.24, 2.45) is 0 Å². The lowest BCUT2D eigenvalue weighted by molar-refractivity contribution is -0.385. The highest BCUT2D eigenvalue weighted by atomic mass is 16.6. The molecule has 0 fully saturated rings. The molecule has 0 spiro atoms. The fraction of sp³-hybridized carbons (Fsp3) is 0.143. The van der Waals surface area contributed by atoms with Crippen LogP contribution in [0.15, 0.2) is 36.5 Å². The molecule has 0 amide bonds. The zero-order valence-electron chi connectivity index (χ0n) is 11.2. The monoisotopic (exact) mass is 284 g/mol. The Morgan fingerprint density at radius 3 is 2.90 bits per heavy atom. The van der Waals surface area contributed by atoms with Crippen LogP contribution in [-0.2, 0) is 6.54 Å². The van der Waals surface area contributed by atoms with Gasteiger partial charge in [0.2, 0.25) is 5.88 Å². The third-order valence-electron chi connectivity index (χ3n) is 2.82. The van der Waals surface area contributed by atoms with Gasteiger partial charge in [-0.1, -0.05) is 0 Å². The van der Waals surface area contributed by atoms with E-state index in [1.165, 1.54) is 19.2 Å². The second-order valence-electron chi connectivity index (χ2n) is 4.16. The van der Waals surface area contributed by atoms with E-state index in [0.29, 0.717) is 18.1 Å². The molecule has 0 unspecified atom stereocenters. The minimum atomic E-state index is -0.573. The first kappa shape index (κ1) is 14.3. The maximum absolute atomic E-state index is 10.8. The van der Waals surface area contributed by atoms with Crippen molar-refractivity contribution in [1.82, 2.24) is 4.98 Å². The van der Waals surface area contributed by atoms with Gasteiger partial charge in [0.15, 0.2) is 0 Å². The molecular weight excluding hydrogens is 272 g/mol. The van der Waals surface area contributed by atoms with E-state index < -0.39 is 4.92 Å². The summed E-state index contributed by atoms with van der Waals surface area (Å²) in [5.41, 5.74) is 1.40. The maximum Gasteiger partial charge on any atom is 0.287 e. The molecule has 2 rings (SSSR count). The molecule has 106 valence electrons. The Hall–Kier alpha value is -3.14. The minimum absolute atomic E-state index is 0.0253. The van der Waals surface area contributed by atoms with E-state index in [4.69, 9.17) is 10.00 Å². The highest BCUT2D eigenvalue weighted by Gasteiger charge is 2.13. The van der Waals surface area contributed by atoms with Crippen LogP contribution in [0.1, 0.15) is 11.1 Å². The molecule has 0 aliphatic heterocycles. The second kappa shape index (κ2) is 6.34. The maximum atomic E-state index is 10.8. The molecule has 0 aliphatic rings. The van der Waals surface area contributed by atoms with Gasteiger partial charge in [-0.05, 0) is 23.8 Å². The number of hydrogen-bond acceptors (Lipinski definition) is 6. The van der Waals surface area contributed by atoms with E-state index >= 15 is 0 Å². The van der Waals surface area contributed by atoms with Crippen molar-refractivity contribution in [3.63, 3.8) is 0 Å². The quantitative estimate of drug-likeness (QED) is 0.668. The van der Waals surface area contributed by atoms with Crippen LogP contribution in [0.4, 0.5) is 11.4 Å². The first-order valence-electron chi connectivity index (χ1n) is 6.05. The zero-order valence-corrected chi connectivity index (χ0v) is 11.2. The van der Waals surface area contributed by atoms with Gasteiger partial charge >= 0.3 is 0 Å². The summed E-state index contributed by atoms with van der Waals surface area (Å²) >= 11 is 0. The van der Waals surface area contributed by atoms with Crippen LogP contribution in [0.5, 0.6) is 5.88 Å². The van der Waals surface area contributed by atoms with E-state index in [-0.39, 0.29) is 11.3 Å². The van der Waals surface area contributed by atoms with Gasteiger partial charge in [0.05, 0.1) is 12.0 Å². The highest BCUT2D eigenvalue weighted by molar-refractivity contribution is 5.58. The number of nitrogens with zero attached hydrogens (tertiary/aromatic N) is 3. The van der Waals surface area contributed by atoms with Gasteiger partial charge in [-0.3, -0.25) is 10.1 Å². The number of hydrogen-bond donors (Lipinski definition) is 1. The highest BCUT2D eigenvalue weighted by Crippen LogP contribution is 2.22. The number of ether oxygens (including phenoxy) is 1. The van der Waals surface area contributed by atoms with Crippen molar-refractivity contribution < 1.29 is 9.66 Å². The Kier molecular flexibility index (Phi) is 4.31. The van der Waals surface area contributed by atoms with Crippen LogP contribution in [0.25, 0.3) is 0 Å². The molecule has 7 heteroatoms. The SMILES string of the molecule is COc1cc(CNc2ccc([N+](=O)[O-])c(C#N)c2)ccn1. The molecule has 1 aromatic heterocycles. The number of aromatic nitrogens is 1. The van der Waals surface area contributed by atoms with Crippen molar-refractivity contribution in [3.05, 3.63) is 57.8 Å². The molecule has 1 N–H and O–H groups in total. The smallest absolute Gasteiger partial charge is 0.287 e. The molecule has 1 heterocycles. The molecule has 2 aromatic rings. The zero-order chi connectivity index (χ0) is 15.2. The van der Waals surface area contributed by atoms with Crippen LogP contribution < -0.4 is 10.1 Å². The molecule has 0 atom stereocenters. The third-order valence-corrected chi connectivity index (χ3v) is 2.82. The summed E-state index contributed by atoms with van der Waals surface area (Å²) < 4.78 is 5.03. The molecule has 1 aromatic carbocycles. The molecule has 0 bridgehead atoms. The van der Waals surface area contributed by atoms with E-state index in [1.807, 2.05) is 12.1 Å². The standard InChI is InChI=1S/C14H12N4O3/c1-21-14-6-10(4-5-16-14)9-17-12-2-3-13(18(19)20)11(7-12)8-15/h2-7,17H,9H2,1H3. The van der Waals surface area contributed by atoms with E-state index in [1.54, 1.807) is 18.3 Å². The van der Waals surface area contributed by atoms with Crippen LogP contribution in [0, 0.1) is 21.4 Å². The summed E-state index contributed by atoms with van der Waals surface area (Å²) in [4.78, 5) is 14.2. The number of anilines is 1. The predicted octanol–water partition coefficient (Wildman–Crippen LogP) is 2.48. The average Bonchev–Trinajstić information content (AvgIpc) is 2.52. The summed E-state index contributed by atoms with van der Waals surface area (Å²) in [6.07, 6.45) is 1.63. The normalized spacial score (nSPS) is 9.71. The van der Waals surface area contributed by atoms with Crippen molar-refractivity contribution in [2.75, 3.05) is 12.4 Å². The van der Waals surface area contributed by atoms with Crippen LogP contribution in [0.3, 0.4) is 0 Å². The first-order chi connectivity index (χ1) is 10.1. The van der Waals surface area contributed by atoms with E-state index in [2.05, 4.69) is 10.3 Å². The molecular formula is C14H12N4O3. The number of nitro benzene ring substituents is 1. The summed E-state index contributed by atoms with van der Waals surface area (Å²) in [7, 11) is 1.54. The van der Waals surface area contributed by atoms with Gasteiger partial charge in [-0.25, -0.2) is 4.98 Å². The Morgan fingerprint density at radius 1 is 1.43 bits per heavy atom. The van der Waals surface area contributed by atoms with Crippen molar-refractivity contribution in [2.45, 2.75) is 6.54 Å². The lowest BCUT2D eigenvalue weighted by Gasteiger charge is -2.08. The van der Waals surface area contributed by atoms with Gasteiger partial charge in [-0.15, -0.1) is 0 Å². The molecule has 0 radical (unpaired) electrons. The fourth-order valence-electron chi connectivity index (χ4n) is 1.77. The number of benzene rings is 1. The molecule has 0 aliphatic carbocycles. The number of rotatable bonds is 5. The number of nitro groups is 1. The Labute approximate surface area is 121 Å². The van der Waals surface area contributed by atoms with Gasteiger partial charge in [0.25, 0.3) is 5.69 Å². The molecule has 0 saturated heterocycles. The number of pyridine rings is 1. The molecule has 7 nitrogen and oxygen atoms in total. The van der Waals surface area contributed by atoms with Gasteiger partial charge in [-0.2, -0.15) is 5.26 Å². The van der Waals surface area contributed by atoms with Gasteiger partial charge in [0, 0.05) is 30.6 Å². The summed E-state index contributed by atoms with van der Waals surface area (Å²) in [6.45, 7) is 0.488. The third kappa shape index (κ3) is 3.45. The number of nitrogens with one attached hydrogen (secondary N) is 1. The summed E-state index contributed by atoms with van der Waals surface area (Å²) in [6, 6.07) is 9.76. The van der Waals surface area contributed by atoms with Crippen molar-refractivity contribution in [1.29, 1.82) is 5.26 Å². The Morgan fingerprint density at radius 2 is 2.24 bits per heavy atom. The molecule has 0 saturated carbocycles. The van der Waals surface area contributed by atoms with E-state index in [0.717, 1.165) is 5.56 Å². The van der Waals surface area contributed by atoms with Crippen molar-refractivity contribution >= 4 is 11.4 Å². The number of nitriles is 1. The fourth-order valence-corrected chi connectivity index (χ4v) is 1.77. The summed E-state index contributed by atoms with van der Waals surface area (Å²) in [5, 5.41) is 22.8. The van der Waals surface area contributed by atoms with Crippen LogP contribution >= 0.6 is 0 Å². The lowest BCUT2D eigenvalue weighted by Crippen LogP contribution is -2.01. The van der Waals surface area contributed by atoms with Gasteiger partial charge < -0.3 is 10.1 Å². The van der Waals surface area contributed by atoms with Crippen LogP contribution in [-0.4, -0.2) is 17.0 Å². The Balaban J connectivity index is 2.13. The average molecular weight is 284 g/mol. The van der Waals surface area contributed by atoms with Crippen LogP contribution in [0.2, 0.25) is 0 Å². The minimum Gasteiger partial charge on any atom is -0.481 e. The largest absolute Gasteiger partial charge is 0.481 e. The summed E-state index contributed by atoms with van der Waals surface area (Å²) in [5.74, 6) is 0.510.